The summed E-state index contributed by atoms with van der Waals surface area (Å²) in [4.78, 5) is 1.81. The van der Waals surface area contributed by atoms with E-state index >= 15 is 0 Å². The average molecular weight is 283 g/mol. The summed E-state index contributed by atoms with van der Waals surface area (Å²) < 4.78 is 24.5. The predicted molar refractivity (Wildman–Crippen MR) is 72.6 cm³/mol. The number of hydrogen-bond donors (Lipinski definition) is 1. The van der Waals surface area contributed by atoms with Gasteiger partial charge in [-0.25, -0.2) is 13.1 Å². The predicted octanol–water partition coefficient (Wildman–Crippen LogP) is 0.153. The summed E-state index contributed by atoms with van der Waals surface area (Å²) in [5, 5.41) is 13.5. The lowest BCUT2D eigenvalue weighted by molar-refractivity contribution is 0.506. The Hall–Kier alpha value is -1.75. The molecule has 2 heterocycles. The Labute approximate surface area is 112 Å². The molecule has 0 bridgehead atoms. The fourth-order valence-corrected chi connectivity index (χ4v) is 3.90. The number of hydrogen-bond acceptors (Lipinski definition) is 6. The lowest BCUT2D eigenvalue weighted by atomic mass is 10.2. The Morgan fingerprint density at radius 3 is 2.79 bits per heavy atom. The fraction of sp³-hybridized carbons (Fsp3) is 0.636. The van der Waals surface area contributed by atoms with Crippen LogP contribution in [0.4, 0.5) is 11.6 Å². The van der Waals surface area contributed by atoms with Crippen LogP contribution in [0.25, 0.3) is 0 Å². The molecule has 0 aliphatic carbocycles. The van der Waals surface area contributed by atoms with E-state index in [1.807, 2.05) is 24.9 Å². The van der Waals surface area contributed by atoms with Crippen LogP contribution in [0.3, 0.4) is 0 Å². The summed E-state index contributed by atoms with van der Waals surface area (Å²) in [5.74, 6) is 0.948. The Kier molecular flexibility index (Phi) is 3.41. The number of rotatable bonds is 3. The highest BCUT2D eigenvalue weighted by molar-refractivity contribution is 7.91. The van der Waals surface area contributed by atoms with E-state index in [-0.39, 0.29) is 23.4 Å². The third kappa shape index (κ3) is 2.38. The Bertz CT molecular complexity index is 628. The van der Waals surface area contributed by atoms with Crippen molar-refractivity contribution < 1.29 is 8.42 Å². The van der Waals surface area contributed by atoms with Crippen molar-refractivity contribution in [2.75, 3.05) is 35.7 Å². The molecule has 0 aromatic carbocycles. The van der Waals surface area contributed by atoms with Gasteiger partial charge < -0.3 is 10.6 Å². The molecule has 2 N–H and O–H groups in total. The molecular weight excluding hydrogens is 266 g/mol. The second kappa shape index (κ2) is 4.74. The second-order valence-corrected chi connectivity index (χ2v) is 6.94. The first-order valence-electron chi connectivity index (χ1n) is 6.09. The molecule has 1 unspecified atom stereocenters. The zero-order valence-electron chi connectivity index (χ0n) is 11.0. The molecule has 1 saturated heterocycles. The van der Waals surface area contributed by atoms with Crippen molar-refractivity contribution in [3.63, 3.8) is 0 Å². The minimum Gasteiger partial charge on any atom is -0.383 e. The minimum atomic E-state index is -3.01. The monoisotopic (exact) mass is 283 g/mol. The molecule has 104 valence electrons. The van der Waals surface area contributed by atoms with Gasteiger partial charge in [-0.05, 0) is 13.3 Å². The summed E-state index contributed by atoms with van der Waals surface area (Å²) in [6.07, 6.45) is 0.494. The molecule has 1 aromatic rings. The Balaban J connectivity index is 2.43. The maximum atomic E-state index is 11.5. The molecule has 1 aliphatic heterocycles. The molecule has 7 nitrogen and oxygen atoms in total. The molecule has 1 fully saturated rings. The lowest BCUT2D eigenvalue weighted by Gasteiger charge is -2.13. The quantitative estimate of drug-likeness (QED) is 0.846. The van der Waals surface area contributed by atoms with Crippen LogP contribution in [0.1, 0.15) is 24.9 Å². The highest BCUT2D eigenvalue weighted by Gasteiger charge is 2.32. The zero-order valence-corrected chi connectivity index (χ0v) is 11.8. The van der Waals surface area contributed by atoms with Crippen LogP contribution in [-0.4, -0.2) is 43.3 Å². The van der Waals surface area contributed by atoms with Gasteiger partial charge in [0.05, 0.1) is 17.5 Å². The topological polar surface area (TPSA) is 105 Å². The van der Waals surface area contributed by atoms with E-state index in [0.717, 1.165) is 0 Å². The van der Waals surface area contributed by atoms with E-state index < -0.39 is 9.84 Å². The van der Waals surface area contributed by atoms with Crippen LogP contribution in [0.15, 0.2) is 0 Å². The van der Waals surface area contributed by atoms with Gasteiger partial charge in [0.25, 0.3) is 0 Å². The number of nitrogens with zero attached hydrogens (tertiary/aromatic N) is 4. The smallest absolute Gasteiger partial charge is 0.170 e. The van der Waals surface area contributed by atoms with Crippen LogP contribution in [-0.2, 0) is 9.84 Å². The molecule has 2 rings (SSSR count). The van der Waals surface area contributed by atoms with Crippen LogP contribution >= 0.6 is 0 Å². The van der Waals surface area contributed by atoms with Gasteiger partial charge >= 0.3 is 0 Å². The maximum Gasteiger partial charge on any atom is 0.170 e. The molecular formula is C11H17N5O2S. The molecule has 0 radical (unpaired) electrons. The Morgan fingerprint density at radius 2 is 2.32 bits per heavy atom. The third-order valence-corrected chi connectivity index (χ3v) is 5.18. The van der Waals surface area contributed by atoms with Crippen LogP contribution in [0.2, 0.25) is 0 Å². The van der Waals surface area contributed by atoms with Gasteiger partial charge in [0.2, 0.25) is 0 Å². The van der Waals surface area contributed by atoms with Crippen LogP contribution in [0.5, 0.6) is 0 Å². The summed E-state index contributed by atoms with van der Waals surface area (Å²) >= 11 is 0. The minimum absolute atomic E-state index is 0.0407. The van der Waals surface area contributed by atoms with Crippen LogP contribution in [0, 0.1) is 11.3 Å². The van der Waals surface area contributed by atoms with Gasteiger partial charge in [-0.2, -0.15) is 10.4 Å². The van der Waals surface area contributed by atoms with Crippen molar-refractivity contribution >= 4 is 21.5 Å². The number of anilines is 2. The number of nitrogens with two attached hydrogens (primary N) is 1. The maximum absolute atomic E-state index is 11.5. The molecule has 0 saturated carbocycles. The zero-order chi connectivity index (χ0) is 14.2. The molecule has 19 heavy (non-hydrogen) atoms. The SMILES string of the molecule is CCN(C)c1nn(C2CCS(=O)(=O)C2)c(N)c1C#N. The van der Waals surface area contributed by atoms with E-state index in [1.54, 1.807) is 0 Å². The van der Waals surface area contributed by atoms with E-state index in [4.69, 9.17) is 5.73 Å². The third-order valence-electron chi connectivity index (χ3n) is 3.43. The van der Waals surface area contributed by atoms with Gasteiger partial charge in [-0.1, -0.05) is 0 Å². The van der Waals surface area contributed by atoms with E-state index in [2.05, 4.69) is 5.10 Å². The van der Waals surface area contributed by atoms with Crippen LogP contribution < -0.4 is 10.6 Å². The number of aromatic nitrogens is 2. The summed E-state index contributed by atoms with van der Waals surface area (Å²) in [6, 6.07) is 1.78. The lowest BCUT2D eigenvalue weighted by Crippen LogP contribution is -2.18. The largest absolute Gasteiger partial charge is 0.383 e. The normalized spacial score (nSPS) is 21.2. The second-order valence-electron chi connectivity index (χ2n) is 4.71. The fourth-order valence-electron chi connectivity index (χ4n) is 2.21. The first-order chi connectivity index (χ1) is 8.89. The molecule has 1 atom stereocenters. The molecule has 8 heteroatoms. The first kappa shape index (κ1) is 13.7. The highest BCUT2D eigenvalue weighted by Crippen LogP contribution is 2.31. The van der Waals surface area contributed by atoms with Crippen molar-refractivity contribution in [3.05, 3.63) is 5.56 Å². The number of nitrogen functional groups attached to an aromatic ring is 1. The number of nitriles is 1. The van der Waals surface area contributed by atoms with Gasteiger partial charge in [0.15, 0.2) is 15.7 Å². The van der Waals surface area contributed by atoms with Crippen molar-refractivity contribution in [2.24, 2.45) is 0 Å². The van der Waals surface area contributed by atoms with Gasteiger partial charge in [-0.3, -0.25) is 0 Å². The van der Waals surface area contributed by atoms with Crippen molar-refractivity contribution in [1.82, 2.24) is 9.78 Å². The van der Waals surface area contributed by atoms with E-state index in [1.165, 1.54) is 4.68 Å². The van der Waals surface area contributed by atoms with Crippen molar-refractivity contribution in [3.8, 4) is 6.07 Å². The summed E-state index contributed by atoms with van der Waals surface area (Å²) in [7, 11) is -1.19. The number of sulfone groups is 1. The molecule has 1 aromatic heterocycles. The van der Waals surface area contributed by atoms with Gasteiger partial charge in [0.1, 0.15) is 17.5 Å². The van der Waals surface area contributed by atoms with Gasteiger partial charge in [-0.15, -0.1) is 0 Å². The standard InChI is InChI=1S/C11H17N5O2S/c1-3-15(2)11-9(6-12)10(13)16(14-11)8-4-5-19(17,18)7-8/h8H,3-5,7,13H2,1-2H3. The Morgan fingerprint density at radius 1 is 1.63 bits per heavy atom. The van der Waals surface area contributed by atoms with Gasteiger partial charge in [0, 0.05) is 13.6 Å². The van der Waals surface area contributed by atoms with E-state index in [9.17, 15) is 13.7 Å². The van der Waals surface area contributed by atoms with Crippen molar-refractivity contribution in [1.29, 1.82) is 5.26 Å². The average Bonchev–Trinajstić information content (AvgIpc) is 2.88. The molecule has 0 spiro atoms. The first-order valence-corrected chi connectivity index (χ1v) is 7.91. The summed E-state index contributed by atoms with van der Waals surface area (Å²) in [6.45, 7) is 2.63. The van der Waals surface area contributed by atoms with E-state index in [0.29, 0.717) is 24.3 Å². The molecule has 0 amide bonds. The summed E-state index contributed by atoms with van der Waals surface area (Å²) in [5.41, 5.74) is 6.25. The van der Waals surface area contributed by atoms with Crippen molar-refractivity contribution in [2.45, 2.75) is 19.4 Å². The molecule has 1 aliphatic rings. The highest BCUT2D eigenvalue weighted by atomic mass is 32.2.